The van der Waals surface area contributed by atoms with Gasteiger partial charge in [-0.3, -0.25) is 4.57 Å². The third-order valence-corrected chi connectivity index (χ3v) is 6.02. The van der Waals surface area contributed by atoms with E-state index < -0.39 is 31.8 Å². The van der Waals surface area contributed by atoms with Gasteiger partial charge in [-0.1, -0.05) is 11.8 Å². The molecule has 1 aliphatic carbocycles. The van der Waals surface area contributed by atoms with E-state index in [0.29, 0.717) is 0 Å². The molecule has 7 nitrogen and oxygen atoms in total. The van der Waals surface area contributed by atoms with Gasteiger partial charge >= 0.3 is 0 Å². The molecule has 11 heteroatoms. The minimum absolute atomic E-state index is 0.249. The maximum atomic E-state index is 11.6. The molecular weight excluding hydrogens is 334 g/mol. The fourth-order valence-corrected chi connectivity index (χ4v) is 3.79. The van der Waals surface area contributed by atoms with E-state index in [9.17, 15) is 14.6 Å². The highest BCUT2D eigenvalue weighted by Gasteiger charge is 2.32. The third kappa shape index (κ3) is 6.52. The Balaban J connectivity index is 2.63. The molecule has 0 radical (unpaired) electrons. The van der Waals surface area contributed by atoms with E-state index in [1.165, 1.54) is 14.2 Å². The first-order valence-corrected chi connectivity index (χ1v) is 10.6. The topological polar surface area (TPSA) is 97.3 Å². The second kappa shape index (κ2) is 7.31. The molecule has 0 spiro atoms. The molecule has 0 amide bonds. The van der Waals surface area contributed by atoms with Crippen LogP contribution in [0.5, 0.6) is 0 Å². The van der Waals surface area contributed by atoms with Crippen molar-refractivity contribution in [2.24, 2.45) is 0 Å². The second-order valence-corrected chi connectivity index (χ2v) is 9.70. The molecule has 1 rings (SSSR count). The number of hydrogen-bond acceptors (Lipinski definition) is 9. The van der Waals surface area contributed by atoms with Crippen molar-refractivity contribution in [3.63, 3.8) is 0 Å². The van der Waals surface area contributed by atoms with Gasteiger partial charge in [-0.2, -0.15) is 0 Å². The summed E-state index contributed by atoms with van der Waals surface area (Å²) in [5.74, 6) is 0. The summed E-state index contributed by atoms with van der Waals surface area (Å²) in [7, 11) is 2.37. The molecule has 0 aromatic carbocycles. The van der Waals surface area contributed by atoms with Crippen molar-refractivity contribution in [2.75, 3.05) is 14.2 Å². The molecule has 1 fully saturated rings. The number of aliphatic hydroxyl groups excluding tert-OH is 1. The predicted molar refractivity (Wildman–Crippen MR) is 72.9 cm³/mol. The van der Waals surface area contributed by atoms with Crippen molar-refractivity contribution >= 4 is 37.6 Å². The van der Waals surface area contributed by atoms with Crippen molar-refractivity contribution in [3.8, 4) is 0 Å². The minimum Gasteiger partial charge on any atom is -0.780 e. The van der Waals surface area contributed by atoms with Gasteiger partial charge < -0.3 is 40.3 Å². The molecule has 1 saturated carbocycles. The molecule has 0 saturated heterocycles. The first kappa shape index (κ1) is 18.0. The van der Waals surface area contributed by atoms with Crippen LogP contribution in [0.2, 0.25) is 0 Å². The molecule has 19 heavy (non-hydrogen) atoms. The Hall–Kier alpha value is 0.990. The van der Waals surface area contributed by atoms with Gasteiger partial charge in [0.15, 0.2) is 6.80 Å². The predicted octanol–water partition coefficient (Wildman–Crippen LogP) is 0.834. The van der Waals surface area contributed by atoms with Gasteiger partial charge in [0, 0.05) is 33.5 Å². The molecule has 114 valence electrons. The molecule has 0 bridgehead atoms. The highest BCUT2D eigenvalue weighted by molar-refractivity contribution is 8.32. The maximum absolute atomic E-state index is 11.6. The van der Waals surface area contributed by atoms with Crippen molar-refractivity contribution in [3.05, 3.63) is 0 Å². The zero-order chi connectivity index (χ0) is 14.7. The minimum atomic E-state index is -3.56. The molecule has 3 unspecified atom stereocenters. The molecule has 0 aliphatic heterocycles. The Bertz CT molecular complexity index is 359. The van der Waals surface area contributed by atoms with Crippen LogP contribution in [-0.4, -0.2) is 37.6 Å². The van der Waals surface area contributed by atoms with E-state index >= 15 is 0 Å². The van der Waals surface area contributed by atoms with Crippen molar-refractivity contribution < 1.29 is 32.7 Å². The first-order valence-electron chi connectivity index (χ1n) is 5.46. The van der Waals surface area contributed by atoms with Crippen LogP contribution >= 0.6 is 13.5 Å². The fourth-order valence-electron chi connectivity index (χ4n) is 1.81. The van der Waals surface area contributed by atoms with Gasteiger partial charge in [0.25, 0.3) is 0 Å². The summed E-state index contributed by atoms with van der Waals surface area (Å²) < 4.78 is 30.9. The normalized spacial score (nSPS) is 34.5. The smallest absolute Gasteiger partial charge is 0.199 e. The van der Waals surface area contributed by atoms with E-state index in [1.807, 2.05) is 0 Å². The monoisotopic (exact) mass is 350 g/mol. The Morgan fingerprint density at radius 1 is 1.21 bits per heavy atom. The molecule has 1 N–H and O–H groups in total. The van der Waals surface area contributed by atoms with Crippen molar-refractivity contribution in [2.45, 2.75) is 37.6 Å². The maximum Gasteiger partial charge on any atom is 0.199 e. The Morgan fingerprint density at radius 3 is 2.21 bits per heavy atom. The van der Waals surface area contributed by atoms with Crippen molar-refractivity contribution in [1.29, 1.82) is 0 Å². The van der Waals surface area contributed by atoms with E-state index in [-0.39, 0.29) is 19.3 Å². The Labute approximate surface area is 122 Å². The lowest BCUT2D eigenvalue weighted by Gasteiger charge is -2.38. The first-order chi connectivity index (χ1) is 8.67. The lowest BCUT2D eigenvalue weighted by Crippen LogP contribution is -2.35. The van der Waals surface area contributed by atoms with Gasteiger partial charge in [0.2, 0.25) is 0 Å². The number of rotatable bonds is 6. The summed E-state index contributed by atoms with van der Waals surface area (Å²) in [4.78, 5) is 11.6. The SMILES string of the molecule is COP(=O)([S-])O[C@@H]1CC(O)C[C@@H](OP([O-])(=S)OC)C1. The third-order valence-electron chi connectivity index (χ3n) is 2.60. The molecule has 5 atom stereocenters. The quantitative estimate of drug-likeness (QED) is 0.552. The van der Waals surface area contributed by atoms with Crippen LogP contribution in [0.1, 0.15) is 19.3 Å². The second-order valence-electron chi connectivity index (χ2n) is 4.08. The highest BCUT2D eigenvalue weighted by Crippen LogP contribution is 2.49. The van der Waals surface area contributed by atoms with Gasteiger partial charge in [0.05, 0.1) is 18.3 Å². The van der Waals surface area contributed by atoms with Gasteiger partial charge in [0.1, 0.15) is 6.72 Å². The van der Waals surface area contributed by atoms with Crippen LogP contribution in [0.4, 0.5) is 0 Å². The van der Waals surface area contributed by atoms with Gasteiger partial charge in [-0.05, 0) is 0 Å². The molecule has 0 heterocycles. The Morgan fingerprint density at radius 2 is 1.74 bits per heavy atom. The summed E-state index contributed by atoms with van der Waals surface area (Å²) in [6, 6.07) is 0. The lowest BCUT2D eigenvalue weighted by atomic mass is 9.93. The Kier molecular flexibility index (Phi) is 6.94. The van der Waals surface area contributed by atoms with Crippen LogP contribution < -0.4 is 4.89 Å². The standard InChI is InChI=1S/C8H18O7P2S2/c1-12-16(10,18)14-7-3-6(9)4-8(5-7)15-17(11,19)13-2/h6-9H,3-5H2,1-2H3,(H,10,18)(H,11,19)/p-2/t6?,7-,8-,16?,17?/m1/s1. The van der Waals surface area contributed by atoms with E-state index in [1.54, 1.807) is 0 Å². The largest absolute Gasteiger partial charge is 0.780 e. The van der Waals surface area contributed by atoms with Crippen LogP contribution in [-0.2, 0) is 46.7 Å². The van der Waals surface area contributed by atoms with Crippen LogP contribution in [0.3, 0.4) is 0 Å². The van der Waals surface area contributed by atoms with Gasteiger partial charge in [-0.25, -0.2) is 0 Å². The van der Waals surface area contributed by atoms with E-state index in [0.717, 1.165) is 0 Å². The fraction of sp³-hybridized carbons (Fsp3) is 1.00. The average molecular weight is 350 g/mol. The van der Waals surface area contributed by atoms with E-state index in [2.05, 4.69) is 33.1 Å². The molecular formula is C8H16O7P2S2-2. The average Bonchev–Trinajstić information content (AvgIpc) is 2.27. The number of hydrogen-bond donors (Lipinski definition) is 1. The highest BCUT2D eigenvalue weighted by atomic mass is 32.7. The molecule has 0 aromatic heterocycles. The van der Waals surface area contributed by atoms with Crippen LogP contribution in [0.25, 0.3) is 0 Å². The summed E-state index contributed by atoms with van der Waals surface area (Å²) in [6.07, 6.45) is -1.21. The van der Waals surface area contributed by atoms with E-state index in [4.69, 9.17) is 9.05 Å². The summed E-state index contributed by atoms with van der Waals surface area (Å²) in [5, 5.41) is 9.70. The van der Waals surface area contributed by atoms with Crippen molar-refractivity contribution in [1.82, 2.24) is 0 Å². The lowest BCUT2D eigenvalue weighted by molar-refractivity contribution is -0.211. The summed E-state index contributed by atoms with van der Waals surface area (Å²) in [6.45, 7) is -7.13. The zero-order valence-electron chi connectivity index (χ0n) is 10.5. The van der Waals surface area contributed by atoms with Gasteiger partial charge in [-0.15, -0.1) is 0 Å². The van der Waals surface area contributed by atoms with Crippen LogP contribution in [0.15, 0.2) is 0 Å². The zero-order valence-corrected chi connectivity index (χ0v) is 13.9. The molecule has 1 aliphatic rings. The molecule has 0 aromatic rings. The summed E-state index contributed by atoms with van der Waals surface area (Å²) in [5.41, 5.74) is 0. The van der Waals surface area contributed by atoms with Crippen LogP contribution in [0, 0.1) is 0 Å². The number of aliphatic hydroxyl groups is 1. The summed E-state index contributed by atoms with van der Waals surface area (Å²) >= 11 is 9.25.